The van der Waals surface area contributed by atoms with Crippen LogP contribution in [0.4, 0.5) is 0 Å². The molecule has 1 rings (SSSR count). The van der Waals surface area contributed by atoms with E-state index in [4.69, 9.17) is 5.73 Å². The molecule has 10 heavy (non-hydrogen) atoms. The summed E-state index contributed by atoms with van der Waals surface area (Å²) < 4.78 is 0. The van der Waals surface area contributed by atoms with Crippen LogP contribution >= 0.6 is 0 Å². The minimum atomic E-state index is -0.449. The highest BCUT2D eigenvalue weighted by atomic mass is 14.9. The van der Waals surface area contributed by atoms with Gasteiger partial charge in [-0.25, -0.2) is 9.97 Å². The van der Waals surface area contributed by atoms with Crippen molar-refractivity contribution in [2.45, 2.75) is 19.4 Å². The van der Waals surface area contributed by atoms with E-state index in [0.29, 0.717) is 5.82 Å². The van der Waals surface area contributed by atoms with Crippen molar-refractivity contribution in [2.75, 3.05) is 0 Å². The number of nitrogens with zero attached hydrogens (tertiary/aromatic N) is 2. The second-order valence-corrected chi connectivity index (χ2v) is 2.73. The van der Waals surface area contributed by atoms with Gasteiger partial charge in [0.1, 0.15) is 5.82 Å². The molecule has 0 aliphatic heterocycles. The highest BCUT2D eigenvalue weighted by Gasteiger charge is 2.15. The third-order valence-corrected chi connectivity index (χ3v) is 1.10. The Bertz CT molecular complexity index is 200. The summed E-state index contributed by atoms with van der Waals surface area (Å²) >= 11 is 0. The molecule has 3 heteroatoms. The van der Waals surface area contributed by atoms with Crippen molar-refractivity contribution >= 4 is 0 Å². The zero-order valence-electron chi connectivity index (χ0n) is 6.13. The molecule has 1 aromatic rings. The Morgan fingerprint density at radius 3 is 2.20 bits per heavy atom. The summed E-state index contributed by atoms with van der Waals surface area (Å²) in [6.07, 6.45) is 3.13. The van der Waals surface area contributed by atoms with E-state index in [2.05, 4.69) is 16.0 Å². The van der Waals surface area contributed by atoms with Gasteiger partial charge in [-0.3, -0.25) is 0 Å². The van der Waals surface area contributed by atoms with Gasteiger partial charge in [-0.05, 0) is 13.8 Å². The molecule has 3 nitrogen and oxygen atoms in total. The van der Waals surface area contributed by atoms with Gasteiger partial charge in [0.25, 0.3) is 0 Å². The van der Waals surface area contributed by atoms with E-state index in [0.717, 1.165) is 0 Å². The van der Waals surface area contributed by atoms with Crippen molar-refractivity contribution in [3.8, 4) is 0 Å². The van der Waals surface area contributed by atoms with E-state index in [1.165, 1.54) is 0 Å². The van der Waals surface area contributed by atoms with Crippen LogP contribution in [0, 0.1) is 6.07 Å². The van der Waals surface area contributed by atoms with Crippen LogP contribution in [0.15, 0.2) is 12.4 Å². The summed E-state index contributed by atoms with van der Waals surface area (Å²) in [4.78, 5) is 7.92. The molecule has 0 bridgehead atoms. The molecule has 0 saturated heterocycles. The van der Waals surface area contributed by atoms with Crippen molar-refractivity contribution in [2.24, 2.45) is 5.73 Å². The van der Waals surface area contributed by atoms with Crippen LogP contribution < -0.4 is 5.73 Å². The molecule has 0 atom stereocenters. The molecule has 1 radical (unpaired) electrons. The number of hydrogen-bond donors (Lipinski definition) is 1. The fourth-order valence-corrected chi connectivity index (χ4v) is 0.596. The van der Waals surface area contributed by atoms with Gasteiger partial charge < -0.3 is 5.73 Å². The normalized spacial score (nSPS) is 11.5. The molecule has 0 spiro atoms. The summed E-state index contributed by atoms with van der Waals surface area (Å²) in [6.45, 7) is 3.73. The molecule has 0 fully saturated rings. The molecule has 0 aliphatic rings. The highest BCUT2D eigenvalue weighted by molar-refractivity contribution is 4.99. The SMILES string of the molecule is CC(C)(N)c1nc[c]cn1. The third kappa shape index (κ3) is 1.51. The molecular weight excluding hydrogens is 126 g/mol. The summed E-state index contributed by atoms with van der Waals surface area (Å²) in [6, 6.07) is 2.73. The van der Waals surface area contributed by atoms with Gasteiger partial charge in [-0.15, -0.1) is 0 Å². The Hall–Kier alpha value is -0.960. The van der Waals surface area contributed by atoms with Crippen LogP contribution in [-0.4, -0.2) is 9.97 Å². The van der Waals surface area contributed by atoms with E-state index in [1.54, 1.807) is 12.4 Å². The van der Waals surface area contributed by atoms with Gasteiger partial charge in [0.15, 0.2) is 0 Å². The van der Waals surface area contributed by atoms with Crippen molar-refractivity contribution < 1.29 is 0 Å². The zero-order chi connectivity index (χ0) is 7.61. The minimum absolute atomic E-state index is 0.449. The van der Waals surface area contributed by atoms with E-state index in [-0.39, 0.29) is 0 Å². The summed E-state index contributed by atoms with van der Waals surface area (Å²) in [7, 11) is 0. The summed E-state index contributed by atoms with van der Waals surface area (Å²) in [5.41, 5.74) is 5.27. The lowest BCUT2D eigenvalue weighted by Crippen LogP contribution is -2.30. The lowest BCUT2D eigenvalue weighted by Gasteiger charge is -2.14. The Balaban J connectivity index is 2.97. The second kappa shape index (κ2) is 2.34. The summed E-state index contributed by atoms with van der Waals surface area (Å²) in [5, 5.41) is 0. The number of hydrogen-bond acceptors (Lipinski definition) is 3. The van der Waals surface area contributed by atoms with E-state index >= 15 is 0 Å². The highest BCUT2D eigenvalue weighted by Crippen LogP contribution is 2.08. The topological polar surface area (TPSA) is 51.8 Å². The summed E-state index contributed by atoms with van der Waals surface area (Å²) in [5.74, 6) is 0.645. The maximum atomic E-state index is 5.72. The van der Waals surface area contributed by atoms with Crippen LogP contribution in [-0.2, 0) is 5.54 Å². The fraction of sp³-hybridized carbons (Fsp3) is 0.429. The van der Waals surface area contributed by atoms with E-state index in [1.807, 2.05) is 13.8 Å². The first kappa shape index (κ1) is 7.15. The Kier molecular flexibility index (Phi) is 1.68. The zero-order valence-corrected chi connectivity index (χ0v) is 6.13. The lowest BCUT2D eigenvalue weighted by molar-refractivity contribution is 0.513. The molecular formula is C7H10N3. The number of aromatic nitrogens is 2. The molecule has 2 N–H and O–H groups in total. The molecule has 0 unspecified atom stereocenters. The smallest absolute Gasteiger partial charge is 0.147 e. The monoisotopic (exact) mass is 136 g/mol. The first-order valence-electron chi connectivity index (χ1n) is 3.08. The average molecular weight is 136 g/mol. The molecule has 53 valence electrons. The fourth-order valence-electron chi connectivity index (χ4n) is 0.596. The van der Waals surface area contributed by atoms with Crippen molar-refractivity contribution in [1.29, 1.82) is 0 Å². The molecule has 0 aromatic carbocycles. The standard InChI is InChI=1S/C7H10N3/c1-7(2,8)6-9-4-3-5-10-6/h4-5H,8H2,1-2H3. The Labute approximate surface area is 60.3 Å². The van der Waals surface area contributed by atoms with Crippen molar-refractivity contribution in [3.05, 3.63) is 24.3 Å². The van der Waals surface area contributed by atoms with Crippen molar-refractivity contribution in [3.63, 3.8) is 0 Å². The largest absolute Gasteiger partial charge is 0.319 e. The van der Waals surface area contributed by atoms with Crippen LogP contribution in [0.1, 0.15) is 19.7 Å². The minimum Gasteiger partial charge on any atom is -0.319 e. The van der Waals surface area contributed by atoms with Gasteiger partial charge in [0, 0.05) is 18.5 Å². The third-order valence-electron chi connectivity index (χ3n) is 1.10. The van der Waals surface area contributed by atoms with Gasteiger partial charge in [0.05, 0.1) is 5.54 Å². The van der Waals surface area contributed by atoms with E-state index < -0.39 is 5.54 Å². The lowest BCUT2D eigenvalue weighted by atomic mass is 10.1. The quantitative estimate of drug-likeness (QED) is 0.610. The van der Waals surface area contributed by atoms with Crippen LogP contribution in [0.5, 0.6) is 0 Å². The Morgan fingerprint density at radius 1 is 1.40 bits per heavy atom. The molecule has 1 aromatic heterocycles. The van der Waals surface area contributed by atoms with Gasteiger partial charge >= 0.3 is 0 Å². The van der Waals surface area contributed by atoms with Crippen LogP contribution in [0.3, 0.4) is 0 Å². The number of nitrogens with two attached hydrogens (primary N) is 1. The maximum absolute atomic E-state index is 5.72. The predicted octanol–water partition coefficient (Wildman–Crippen LogP) is 0.471. The van der Waals surface area contributed by atoms with E-state index in [9.17, 15) is 0 Å². The number of rotatable bonds is 1. The first-order chi connectivity index (χ1) is 4.61. The van der Waals surface area contributed by atoms with Gasteiger partial charge in [0.2, 0.25) is 0 Å². The van der Waals surface area contributed by atoms with Crippen molar-refractivity contribution in [1.82, 2.24) is 9.97 Å². The molecule has 0 aliphatic carbocycles. The van der Waals surface area contributed by atoms with Crippen LogP contribution in [0.2, 0.25) is 0 Å². The van der Waals surface area contributed by atoms with Crippen LogP contribution in [0.25, 0.3) is 0 Å². The second-order valence-electron chi connectivity index (χ2n) is 2.73. The van der Waals surface area contributed by atoms with Gasteiger partial charge in [-0.2, -0.15) is 0 Å². The molecule has 0 saturated carbocycles. The first-order valence-corrected chi connectivity index (χ1v) is 3.08. The molecule has 0 amide bonds. The Morgan fingerprint density at radius 2 is 1.90 bits per heavy atom. The predicted molar refractivity (Wildman–Crippen MR) is 38.1 cm³/mol. The van der Waals surface area contributed by atoms with Gasteiger partial charge in [-0.1, -0.05) is 0 Å². The maximum Gasteiger partial charge on any atom is 0.147 e. The average Bonchev–Trinajstić information content (AvgIpc) is 1.88. The molecule has 1 heterocycles.